The van der Waals surface area contributed by atoms with Gasteiger partial charge in [0, 0.05) is 13.1 Å². The molecule has 0 unspecified atom stereocenters. The average molecular weight is 368 g/mol. The van der Waals surface area contributed by atoms with Crippen LogP contribution in [0.5, 0.6) is 0 Å². The van der Waals surface area contributed by atoms with E-state index >= 15 is 0 Å². The van der Waals surface area contributed by atoms with E-state index in [1.165, 1.54) is 6.07 Å². The first-order valence-corrected chi connectivity index (χ1v) is 7.61. The lowest BCUT2D eigenvalue weighted by Gasteiger charge is -2.18. The summed E-state index contributed by atoms with van der Waals surface area (Å²) in [5.41, 5.74) is 1.61. The number of aliphatic carboxylic acids is 4. The summed E-state index contributed by atoms with van der Waals surface area (Å²) in [6.07, 6.45) is -0.749. The van der Waals surface area contributed by atoms with Crippen molar-refractivity contribution in [3.05, 3.63) is 34.4 Å². The lowest BCUT2D eigenvalue weighted by molar-refractivity contribution is -0.137. The SMILES string of the molecule is O=C(O)CNCc1ccc(CC(=O)O)c(CNCC(=O)O)c1CC(=O)O. The molecule has 0 spiro atoms. The van der Waals surface area contributed by atoms with Crippen LogP contribution in [-0.4, -0.2) is 57.4 Å². The Kier molecular flexibility index (Phi) is 8.19. The maximum Gasteiger partial charge on any atom is 0.317 e. The maximum absolute atomic E-state index is 11.2. The van der Waals surface area contributed by atoms with E-state index in [2.05, 4.69) is 10.6 Å². The average Bonchev–Trinajstić information content (AvgIpc) is 2.50. The Morgan fingerprint density at radius 2 is 1.15 bits per heavy atom. The molecule has 0 aliphatic carbocycles. The zero-order valence-electron chi connectivity index (χ0n) is 13.8. The Morgan fingerprint density at radius 3 is 1.65 bits per heavy atom. The van der Waals surface area contributed by atoms with Gasteiger partial charge >= 0.3 is 23.9 Å². The molecule has 1 rings (SSSR count). The highest BCUT2D eigenvalue weighted by molar-refractivity contribution is 5.74. The highest BCUT2D eigenvalue weighted by Crippen LogP contribution is 2.22. The zero-order chi connectivity index (χ0) is 19.7. The third-order valence-electron chi connectivity index (χ3n) is 3.46. The molecule has 0 aliphatic rings. The number of carboxylic acid groups (broad SMARTS) is 4. The number of carbonyl (C=O) groups is 4. The fraction of sp³-hybridized carbons (Fsp3) is 0.375. The van der Waals surface area contributed by atoms with Gasteiger partial charge in [0.05, 0.1) is 25.9 Å². The van der Waals surface area contributed by atoms with Crippen LogP contribution in [0.3, 0.4) is 0 Å². The van der Waals surface area contributed by atoms with Crippen molar-refractivity contribution in [1.29, 1.82) is 0 Å². The highest BCUT2D eigenvalue weighted by atomic mass is 16.4. The molecule has 0 saturated heterocycles. The van der Waals surface area contributed by atoms with Crippen molar-refractivity contribution >= 4 is 23.9 Å². The number of hydrogen-bond donors (Lipinski definition) is 6. The van der Waals surface area contributed by atoms with Gasteiger partial charge in [-0.05, 0) is 22.3 Å². The van der Waals surface area contributed by atoms with Crippen molar-refractivity contribution in [3.8, 4) is 0 Å². The number of nitrogens with one attached hydrogen (secondary N) is 2. The van der Waals surface area contributed by atoms with Crippen LogP contribution in [-0.2, 0) is 45.1 Å². The lowest BCUT2D eigenvalue weighted by atomic mass is 9.92. The fourth-order valence-corrected chi connectivity index (χ4v) is 2.47. The molecule has 10 nitrogen and oxygen atoms in total. The molecule has 0 amide bonds. The summed E-state index contributed by atoms with van der Waals surface area (Å²) < 4.78 is 0. The zero-order valence-corrected chi connectivity index (χ0v) is 13.8. The minimum atomic E-state index is -1.14. The minimum Gasteiger partial charge on any atom is -0.481 e. The Hall–Kier alpha value is -2.98. The molecule has 142 valence electrons. The molecule has 0 radical (unpaired) electrons. The number of rotatable bonds is 12. The minimum absolute atomic E-state index is 0.0235. The van der Waals surface area contributed by atoms with Crippen molar-refractivity contribution in [1.82, 2.24) is 10.6 Å². The Labute approximate surface area is 148 Å². The van der Waals surface area contributed by atoms with Crippen LogP contribution < -0.4 is 10.6 Å². The normalized spacial score (nSPS) is 10.5. The van der Waals surface area contributed by atoms with Crippen molar-refractivity contribution in [2.75, 3.05) is 13.1 Å². The van der Waals surface area contributed by atoms with E-state index < -0.39 is 30.3 Å². The maximum atomic E-state index is 11.2. The third-order valence-corrected chi connectivity index (χ3v) is 3.46. The molecule has 10 heteroatoms. The summed E-state index contributed by atoms with van der Waals surface area (Å²) >= 11 is 0. The molecule has 0 bridgehead atoms. The molecule has 1 aromatic carbocycles. The Bertz CT molecular complexity index is 702. The van der Waals surface area contributed by atoms with Crippen molar-refractivity contribution in [2.45, 2.75) is 25.9 Å². The van der Waals surface area contributed by atoms with Crippen LogP contribution in [0.15, 0.2) is 12.1 Å². The van der Waals surface area contributed by atoms with E-state index in [1.807, 2.05) is 0 Å². The van der Waals surface area contributed by atoms with Gasteiger partial charge in [-0.2, -0.15) is 0 Å². The fourth-order valence-electron chi connectivity index (χ4n) is 2.47. The number of benzene rings is 1. The number of hydrogen-bond acceptors (Lipinski definition) is 6. The topological polar surface area (TPSA) is 173 Å². The highest BCUT2D eigenvalue weighted by Gasteiger charge is 2.18. The molecule has 0 aliphatic heterocycles. The molecule has 0 fully saturated rings. The van der Waals surface area contributed by atoms with Gasteiger partial charge in [0.15, 0.2) is 0 Å². The summed E-state index contributed by atoms with van der Waals surface area (Å²) in [7, 11) is 0. The second kappa shape index (κ2) is 10.1. The second-order valence-electron chi connectivity index (χ2n) is 5.48. The van der Waals surface area contributed by atoms with Gasteiger partial charge < -0.3 is 31.1 Å². The van der Waals surface area contributed by atoms with Gasteiger partial charge in [-0.1, -0.05) is 12.1 Å². The summed E-state index contributed by atoms with van der Waals surface area (Å²) in [5, 5.41) is 40.9. The summed E-state index contributed by atoms with van der Waals surface area (Å²) in [4.78, 5) is 43.6. The molecule has 0 heterocycles. The summed E-state index contributed by atoms with van der Waals surface area (Å²) in [6.45, 7) is -0.644. The summed E-state index contributed by atoms with van der Waals surface area (Å²) in [6, 6.07) is 3.07. The van der Waals surface area contributed by atoms with E-state index in [0.717, 1.165) is 0 Å². The van der Waals surface area contributed by atoms with Gasteiger partial charge in [0.1, 0.15) is 0 Å². The van der Waals surface area contributed by atoms with E-state index in [-0.39, 0.29) is 32.6 Å². The Balaban J connectivity index is 3.23. The molecule has 6 N–H and O–H groups in total. The summed E-state index contributed by atoms with van der Waals surface area (Å²) in [5.74, 6) is -4.43. The van der Waals surface area contributed by atoms with Crippen LogP contribution in [0, 0.1) is 0 Å². The van der Waals surface area contributed by atoms with Gasteiger partial charge in [-0.3, -0.25) is 19.2 Å². The van der Waals surface area contributed by atoms with Gasteiger partial charge in [0.25, 0.3) is 0 Å². The first-order valence-electron chi connectivity index (χ1n) is 7.61. The molecular formula is C16H20N2O8. The predicted molar refractivity (Wildman–Crippen MR) is 87.8 cm³/mol. The van der Waals surface area contributed by atoms with E-state index in [1.54, 1.807) is 6.07 Å². The predicted octanol–water partition coefficient (Wildman–Crippen LogP) is -0.711. The van der Waals surface area contributed by atoms with Gasteiger partial charge in [0.2, 0.25) is 0 Å². The largest absolute Gasteiger partial charge is 0.481 e. The van der Waals surface area contributed by atoms with Crippen LogP contribution in [0.25, 0.3) is 0 Å². The van der Waals surface area contributed by atoms with Crippen molar-refractivity contribution in [2.24, 2.45) is 0 Å². The first-order chi connectivity index (χ1) is 12.2. The Morgan fingerprint density at radius 1 is 0.654 bits per heavy atom. The molecular weight excluding hydrogens is 348 g/mol. The van der Waals surface area contributed by atoms with Crippen molar-refractivity contribution in [3.63, 3.8) is 0 Å². The van der Waals surface area contributed by atoms with E-state index in [0.29, 0.717) is 22.3 Å². The van der Waals surface area contributed by atoms with E-state index in [9.17, 15) is 24.3 Å². The lowest BCUT2D eigenvalue weighted by Crippen LogP contribution is -2.26. The van der Waals surface area contributed by atoms with Crippen LogP contribution >= 0.6 is 0 Å². The monoisotopic (exact) mass is 368 g/mol. The van der Waals surface area contributed by atoms with Crippen LogP contribution in [0.4, 0.5) is 0 Å². The number of carboxylic acids is 4. The molecule has 0 atom stereocenters. The second-order valence-corrected chi connectivity index (χ2v) is 5.48. The van der Waals surface area contributed by atoms with Crippen LogP contribution in [0.1, 0.15) is 22.3 Å². The molecule has 1 aromatic rings. The van der Waals surface area contributed by atoms with Gasteiger partial charge in [-0.25, -0.2) is 0 Å². The first kappa shape index (κ1) is 21.1. The molecule has 0 saturated carbocycles. The van der Waals surface area contributed by atoms with Gasteiger partial charge in [-0.15, -0.1) is 0 Å². The quantitative estimate of drug-likeness (QED) is 0.276. The smallest absolute Gasteiger partial charge is 0.317 e. The molecule has 0 aromatic heterocycles. The van der Waals surface area contributed by atoms with Crippen molar-refractivity contribution < 1.29 is 39.6 Å². The molecule has 26 heavy (non-hydrogen) atoms. The standard InChI is InChI=1S/C16H20N2O8/c19-13(20)3-9-1-2-10(5-17-7-15(23)24)11(4-14(21)22)12(9)6-18-8-16(25)26/h1-2,17-18H,3-8H2,(H,19,20)(H,21,22)(H,23,24)(H,25,26). The van der Waals surface area contributed by atoms with E-state index in [4.69, 9.17) is 15.3 Å². The third kappa shape index (κ3) is 7.28. The van der Waals surface area contributed by atoms with Crippen LogP contribution in [0.2, 0.25) is 0 Å².